The summed E-state index contributed by atoms with van der Waals surface area (Å²) in [5, 5.41) is 6.42. The zero-order chi connectivity index (χ0) is 13.4. The third-order valence-electron chi connectivity index (χ3n) is 2.72. The van der Waals surface area contributed by atoms with Gasteiger partial charge in [-0.2, -0.15) is 0 Å². The molecule has 0 aliphatic rings. The first-order valence-corrected chi connectivity index (χ1v) is 5.82. The molecule has 0 aliphatic carbocycles. The van der Waals surface area contributed by atoms with Gasteiger partial charge < -0.3 is 14.2 Å². The number of imidazole rings is 1. The minimum atomic E-state index is -0.260. The Balaban J connectivity index is 1.97. The van der Waals surface area contributed by atoms with Gasteiger partial charge in [0.25, 0.3) is 5.91 Å². The highest BCUT2D eigenvalue weighted by atomic mass is 16.5. The molecule has 6 nitrogen and oxygen atoms in total. The summed E-state index contributed by atoms with van der Waals surface area (Å²) in [6, 6.07) is 5.19. The molecule has 0 radical (unpaired) electrons. The summed E-state index contributed by atoms with van der Waals surface area (Å²) >= 11 is 0. The fourth-order valence-electron chi connectivity index (χ4n) is 1.92. The molecule has 3 aromatic heterocycles. The zero-order valence-corrected chi connectivity index (χ0v) is 10.5. The Morgan fingerprint density at radius 3 is 3.00 bits per heavy atom. The summed E-state index contributed by atoms with van der Waals surface area (Å²) in [5.74, 6) is 0.780. The number of aryl methyl sites for hydroxylation is 2. The summed E-state index contributed by atoms with van der Waals surface area (Å²) in [7, 11) is 0. The summed E-state index contributed by atoms with van der Waals surface area (Å²) < 4.78 is 6.73. The third kappa shape index (κ3) is 2.08. The van der Waals surface area contributed by atoms with Crippen LogP contribution in [0.25, 0.3) is 5.65 Å². The lowest BCUT2D eigenvalue weighted by atomic mass is 10.2. The fourth-order valence-corrected chi connectivity index (χ4v) is 1.92. The molecule has 0 spiro atoms. The van der Waals surface area contributed by atoms with Crippen LogP contribution in [0.4, 0.5) is 5.82 Å². The van der Waals surface area contributed by atoms with E-state index in [9.17, 15) is 4.79 Å². The molecular formula is C13H12N4O2. The summed E-state index contributed by atoms with van der Waals surface area (Å²) in [6.07, 6.45) is 3.72. The standard InChI is InChI=1S/C13H12N4O2/c1-8-7-17-5-3-4-10(12(17)14-8)13(18)15-11-6-9(2)19-16-11/h3-7H,1-2H3,(H,15,16,18). The van der Waals surface area contributed by atoms with Crippen molar-refractivity contribution in [2.75, 3.05) is 5.32 Å². The van der Waals surface area contributed by atoms with E-state index in [0.29, 0.717) is 22.8 Å². The quantitative estimate of drug-likeness (QED) is 0.762. The van der Waals surface area contributed by atoms with Crippen LogP contribution in [0.5, 0.6) is 0 Å². The van der Waals surface area contributed by atoms with E-state index in [4.69, 9.17) is 4.52 Å². The molecule has 0 aliphatic heterocycles. The second-order valence-corrected chi connectivity index (χ2v) is 4.31. The Kier molecular flexibility index (Phi) is 2.56. The van der Waals surface area contributed by atoms with Crippen LogP contribution in [0.2, 0.25) is 0 Å². The van der Waals surface area contributed by atoms with Crippen molar-refractivity contribution in [2.45, 2.75) is 13.8 Å². The molecule has 0 fully saturated rings. The van der Waals surface area contributed by atoms with Crippen molar-refractivity contribution in [3.63, 3.8) is 0 Å². The number of hydrogen-bond acceptors (Lipinski definition) is 4. The van der Waals surface area contributed by atoms with Crippen molar-refractivity contribution in [1.82, 2.24) is 14.5 Å². The number of nitrogens with one attached hydrogen (secondary N) is 1. The maximum Gasteiger partial charge on any atom is 0.260 e. The van der Waals surface area contributed by atoms with Crippen molar-refractivity contribution in [1.29, 1.82) is 0 Å². The van der Waals surface area contributed by atoms with Gasteiger partial charge in [0.05, 0.1) is 11.3 Å². The Morgan fingerprint density at radius 1 is 1.42 bits per heavy atom. The minimum Gasteiger partial charge on any atom is -0.360 e. The van der Waals surface area contributed by atoms with Gasteiger partial charge in [-0.3, -0.25) is 4.79 Å². The molecular weight excluding hydrogens is 244 g/mol. The molecule has 0 unspecified atom stereocenters. The van der Waals surface area contributed by atoms with Crippen molar-refractivity contribution in [3.05, 3.63) is 47.6 Å². The highest BCUT2D eigenvalue weighted by Gasteiger charge is 2.13. The number of nitrogens with zero attached hydrogens (tertiary/aromatic N) is 3. The maximum absolute atomic E-state index is 12.2. The van der Waals surface area contributed by atoms with Crippen LogP contribution < -0.4 is 5.32 Å². The van der Waals surface area contributed by atoms with Crippen LogP contribution in [-0.2, 0) is 0 Å². The Bertz CT molecular complexity index is 757. The Morgan fingerprint density at radius 2 is 2.26 bits per heavy atom. The Labute approximate surface area is 109 Å². The zero-order valence-electron chi connectivity index (χ0n) is 10.5. The first kappa shape index (κ1) is 11.5. The van der Waals surface area contributed by atoms with Crippen molar-refractivity contribution < 1.29 is 9.32 Å². The predicted octanol–water partition coefficient (Wildman–Crippen LogP) is 2.19. The SMILES string of the molecule is Cc1cn2cccc(C(=O)Nc3cc(C)on3)c2n1. The first-order chi connectivity index (χ1) is 9.13. The molecule has 1 amide bonds. The average Bonchev–Trinajstić information content (AvgIpc) is 2.93. The normalized spacial score (nSPS) is 10.8. The molecule has 3 rings (SSSR count). The van der Waals surface area contributed by atoms with Crippen LogP contribution in [0, 0.1) is 13.8 Å². The number of anilines is 1. The monoisotopic (exact) mass is 256 g/mol. The van der Waals surface area contributed by atoms with Crippen molar-refractivity contribution in [3.8, 4) is 0 Å². The highest BCUT2D eigenvalue weighted by Crippen LogP contribution is 2.14. The van der Waals surface area contributed by atoms with E-state index in [-0.39, 0.29) is 5.91 Å². The van der Waals surface area contributed by atoms with Crippen LogP contribution >= 0.6 is 0 Å². The lowest BCUT2D eigenvalue weighted by Gasteiger charge is -2.02. The van der Waals surface area contributed by atoms with E-state index >= 15 is 0 Å². The van der Waals surface area contributed by atoms with Crippen molar-refractivity contribution >= 4 is 17.4 Å². The van der Waals surface area contributed by atoms with Gasteiger partial charge in [0.1, 0.15) is 11.4 Å². The number of carbonyl (C=O) groups excluding carboxylic acids is 1. The van der Waals surface area contributed by atoms with Gasteiger partial charge in [-0.1, -0.05) is 5.16 Å². The topological polar surface area (TPSA) is 72.4 Å². The van der Waals surface area contributed by atoms with Gasteiger partial charge in [0.15, 0.2) is 5.82 Å². The molecule has 96 valence electrons. The van der Waals surface area contributed by atoms with E-state index in [0.717, 1.165) is 5.69 Å². The fraction of sp³-hybridized carbons (Fsp3) is 0.154. The molecule has 3 aromatic rings. The smallest absolute Gasteiger partial charge is 0.260 e. The van der Waals surface area contributed by atoms with Gasteiger partial charge in [-0.05, 0) is 26.0 Å². The molecule has 0 bridgehead atoms. The molecule has 19 heavy (non-hydrogen) atoms. The molecule has 6 heteroatoms. The van der Waals surface area contributed by atoms with Gasteiger partial charge in [-0.25, -0.2) is 4.98 Å². The number of fused-ring (bicyclic) bond motifs is 1. The number of carbonyl (C=O) groups is 1. The largest absolute Gasteiger partial charge is 0.360 e. The predicted molar refractivity (Wildman–Crippen MR) is 69.1 cm³/mol. The first-order valence-electron chi connectivity index (χ1n) is 5.82. The van der Waals surface area contributed by atoms with Crippen molar-refractivity contribution in [2.24, 2.45) is 0 Å². The molecule has 0 saturated carbocycles. The summed E-state index contributed by atoms with van der Waals surface area (Å²) in [6.45, 7) is 3.65. The number of amides is 1. The van der Waals surface area contributed by atoms with Crippen LogP contribution in [-0.4, -0.2) is 20.4 Å². The molecule has 0 aromatic carbocycles. The average molecular weight is 256 g/mol. The summed E-state index contributed by atoms with van der Waals surface area (Å²) in [5.41, 5.74) is 1.98. The lowest BCUT2D eigenvalue weighted by molar-refractivity contribution is 0.102. The second kappa shape index (κ2) is 4.24. The maximum atomic E-state index is 12.2. The molecule has 1 N–H and O–H groups in total. The number of pyridine rings is 1. The number of aromatic nitrogens is 3. The van der Waals surface area contributed by atoms with Crippen LogP contribution in [0.15, 0.2) is 35.1 Å². The third-order valence-corrected chi connectivity index (χ3v) is 2.72. The molecule has 0 saturated heterocycles. The molecule has 3 heterocycles. The van der Waals surface area contributed by atoms with Gasteiger partial charge in [-0.15, -0.1) is 0 Å². The van der Waals surface area contributed by atoms with Gasteiger partial charge in [0, 0.05) is 18.5 Å². The van der Waals surface area contributed by atoms with E-state index in [1.807, 2.05) is 23.7 Å². The van der Waals surface area contributed by atoms with E-state index < -0.39 is 0 Å². The number of hydrogen-bond donors (Lipinski definition) is 1. The lowest BCUT2D eigenvalue weighted by Crippen LogP contribution is -2.13. The van der Waals surface area contributed by atoms with E-state index in [1.165, 1.54) is 0 Å². The molecule has 0 atom stereocenters. The van der Waals surface area contributed by atoms with Gasteiger partial charge >= 0.3 is 0 Å². The van der Waals surface area contributed by atoms with Gasteiger partial charge in [0.2, 0.25) is 0 Å². The van der Waals surface area contributed by atoms with Crippen LogP contribution in [0.3, 0.4) is 0 Å². The highest BCUT2D eigenvalue weighted by molar-refractivity contribution is 6.07. The number of rotatable bonds is 2. The van der Waals surface area contributed by atoms with Crippen LogP contribution in [0.1, 0.15) is 21.8 Å². The van der Waals surface area contributed by atoms with E-state index in [1.54, 1.807) is 25.1 Å². The Hall–Kier alpha value is -2.63. The van der Waals surface area contributed by atoms with E-state index in [2.05, 4.69) is 15.5 Å². The summed E-state index contributed by atoms with van der Waals surface area (Å²) in [4.78, 5) is 16.5. The minimum absolute atomic E-state index is 0.260. The second-order valence-electron chi connectivity index (χ2n) is 4.31.